The van der Waals surface area contributed by atoms with Gasteiger partial charge in [-0.05, 0) is 39.7 Å². The third-order valence-electron chi connectivity index (χ3n) is 3.71. The highest BCUT2D eigenvalue weighted by atomic mass is 79.9. The number of hydrogen-bond donors (Lipinski definition) is 3. The number of amides is 2. The van der Waals surface area contributed by atoms with Crippen LogP contribution in [0.15, 0.2) is 53.0 Å². The Morgan fingerprint density at radius 1 is 1.12 bits per heavy atom. The van der Waals surface area contributed by atoms with Gasteiger partial charge in [-0.3, -0.25) is 10.1 Å². The number of carbonyl (C=O) groups is 2. The summed E-state index contributed by atoms with van der Waals surface area (Å²) in [5, 5.41) is 6.41. The van der Waals surface area contributed by atoms with Crippen LogP contribution >= 0.6 is 15.9 Å². The SMILES string of the molecule is COC(=O)Nc1ccc(CNC(=O)c2[nH]c3ccccc3c2Br)cc1. The topological polar surface area (TPSA) is 83.2 Å². The molecule has 1 aromatic heterocycles. The molecule has 7 heteroatoms. The lowest BCUT2D eigenvalue weighted by molar-refractivity contribution is 0.0946. The van der Waals surface area contributed by atoms with Crippen molar-refractivity contribution >= 4 is 44.5 Å². The van der Waals surface area contributed by atoms with E-state index in [1.165, 1.54) is 7.11 Å². The average Bonchev–Trinajstić information content (AvgIpc) is 2.98. The van der Waals surface area contributed by atoms with Crippen molar-refractivity contribution in [3.05, 3.63) is 64.3 Å². The van der Waals surface area contributed by atoms with Gasteiger partial charge in [-0.15, -0.1) is 0 Å². The Morgan fingerprint density at radius 3 is 2.52 bits per heavy atom. The summed E-state index contributed by atoms with van der Waals surface area (Å²) in [6, 6.07) is 14.8. The molecule has 0 aliphatic carbocycles. The van der Waals surface area contributed by atoms with Crippen molar-refractivity contribution in [3.8, 4) is 0 Å². The molecule has 0 spiro atoms. The van der Waals surface area contributed by atoms with Crippen LogP contribution in [0.25, 0.3) is 10.9 Å². The predicted octanol–water partition coefficient (Wildman–Crippen LogP) is 4.04. The fourth-order valence-corrected chi connectivity index (χ4v) is 3.03. The van der Waals surface area contributed by atoms with Crippen LogP contribution in [0.1, 0.15) is 16.1 Å². The number of rotatable bonds is 4. The number of aromatic nitrogens is 1. The van der Waals surface area contributed by atoms with E-state index in [1.807, 2.05) is 36.4 Å². The number of para-hydroxylation sites is 1. The predicted molar refractivity (Wildman–Crippen MR) is 99.6 cm³/mol. The summed E-state index contributed by atoms with van der Waals surface area (Å²) in [7, 11) is 1.31. The van der Waals surface area contributed by atoms with E-state index < -0.39 is 6.09 Å². The summed E-state index contributed by atoms with van der Waals surface area (Å²) < 4.78 is 5.28. The maximum atomic E-state index is 12.4. The first kappa shape index (κ1) is 17.0. The second kappa shape index (κ2) is 7.40. The van der Waals surface area contributed by atoms with Gasteiger partial charge in [0.2, 0.25) is 0 Å². The number of methoxy groups -OCH3 is 1. The van der Waals surface area contributed by atoms with Crippen LogP contribution in [0.3, 0.4) is 0 Å². The van der Waals surface area contributed by atoms with Crippen LogP contribution in [0.2, 0.25) is 0 Å². The summed E-state index contributed by atoms with van der Waals surface area (Å²) in [6.45, 7) is 0.374. The zero-order valence-electron chi connectivity index (χ0n) is 13.4. The Kier molecular flexibility index (Phi) is 5.04. The molecule has 0 radical (unpaired) electrons. The van der Waals surface area contributed by atoms with Gasteiger partial charge in [0.05, 0.1) is 11.6 Å². The van der Waals surface area contributed by atoms with E-state index in [0.29, 0.717) is 17.9 Å². The molecule has 2 amide bonds. The number of benzene rings is 2. The first-order valence-electron chi connectivity index (χ1n) is 7.57. The van der Waals surface area contributed by atoms with Crippen molar-refractivity contribution < 1.29 is 14.3 Å². The molecule has 2 aromatic carbocycles. The minimum Gasteiger partial charge on any atom is -0.453 e. The van der Waals surface area contributed by atoms with Gasteiger partial charge in [0, 0.05) is 23.1 Å². The van der Waals surface area contributed by atoms with Crippen molar-refractivity contribution in [2.24, 2.45) is 0 Å². The first-order chi connectivity index (χ1) is 12.1. The van der Waals surface area contributed by atoms with Crippen molar-refractivity contribution in [1.29, 1.82) is 0 Å². The number of aromatic amines is 1. The number of halogens is 1. The van der Waals surface area contributed by atoms with Crippen LogP contribution in [-0.2, 0) is 11.3 Å². The molecule has 0 fully saturated rings. The highest BCUT2D eigenvalue weighted by Crippen LogP contribution is 2.27. The van der Waals surface area contributed by atoms with Gasteiger partial charge in [0.1, 0.15) is 5.69 Å². The lowest BCUT2D eigenvalue weighted by Gasteiger charge is -2.07. The van der Waals surface area contributed by atoms with Gasteiger partial charge in [0.25, 0.3) is 5.91 Å². The third kappa shape index (κ3) is 3.83. The normalized spacial score (nSPS) is 10.5. The molecule has 3 N–H and O–H groups in total. The van der Waals surface area contributed by atoms with E-state index in [2.05, 4.69) is 36.3 Å². The maximum absolute atomic E-state index is 12.4. The van der Waals surface area contributed by atoms with Crippen LogP contribution in [0, 0.1) is 0 Å². The Bertz CT molecular complexity index is 919. The number of anilines is 1. The fraction of sp³-hybridized carbons (Fsp3) is 0.111. The van der Waals surface area contributed by atoms with Crippen molar-refractivity contribution in [2.45, 2.75) is 6.54 Å². The van der Waals surface area contributed by atoms with Gasteiger partial charge in [0.15, 0.2) is 0 Å². The number of carbonyl (C=O) groups excluding carboxylic acids is 2. The average molecular weight is 402 g/mol. The molecule has 0 saturated heterocycles. The molecule has 0 atom stereocenters. The van der Waals surface area contributed by atoms with Crippen LogP contribution in [0.5, 0.6) is 0 Å². The zero-order chi connectivity index (χ0) is 17.8. The van der Waals surface area contributed by atoms with Gasteiger partial charge < -0.3 is 15.0 Å². The van der Waals surface area contributed by atoms with E-state index in [4.69, 9.17) is 0 Å². The first-order valence-corrected chi connectivity index (χ1v) is 8.36. The largest absolute Gasteiger partial charge is 0.453 e. The molecule has 3 aromatic rings. The molecular formula is C18H16BrN3O3. The lowest BCUT2D eigenvalue weighted by atomic mass is 10.2. The standard InChI is InChI=1S/C18H16BrN3O3/c1-25-18(24)21-12-8-6-11(7-9-12)10-20-17(23)16-15(19)13-4-2-3-5-14(13)22-16/h2-9,22H,10H2,1H3,(H,20,23)(H,21,24). The van der Waals surface area contributed by atoms with Gasteiger partial charge in [-0.2, -0.15) is 0 Å². The fourth-order valence-electron chi connectivity index (χ4n) is 2.41. The van der Waals surface area contributed by atoms with E-state index >= 15 is 0 Å². The van der Waals surface area contributed by atoms with Crippen molar-refractivity contribution in [1.82, 2.24) is 10.3 Å². The second-order valence-corrected chi connectivity index (χ2v) is 6.15. The van der Waals surface area contributed by atoms with Crippen molar-refractivity contribution in [3.63, 3.8) is 0 Å². The molecule has 3 rings (SSSR count). The molecular weight excluding hydrogens is 386 g/mol. The van der Waals surface area contributed by atoms with Crippen molar-refractivity contribution in [2.75, 3.05) is 12.4 Å². The quantitative estimate of drug-likeness (QED) is 0.616. The Balaban J connectivity index is 1.65. The monoisotopic (exact) mass is 401 g/mol. The molecule has 6 nitrogen and oxygen atoms in total. The summed E-state index contributed by atoms with van der Waals surface area (Å²) in [4.78, 5) is 26.7. The summed E-state index contributed by atoms with van der Waals surface area (Å²) in [5.74, 6) is -0.195. The maximum Gasteiger partial charge on any atom is 0.411 e. The van der Waals surface area contributed by atoms with Gasteiger partial charge >= 0.3 is 6.09 Å². The Morgan fingerprint density at radius 2 is 1.84 bits per heavy atom. The molecule has 0 unspecified atom stereocenters. The van der Waals surface area contributed by atoms with E-state index in [-0.39, 0.29) is 5.91 Å². The molecule has 0 bridgehead atoms. The van der Waals surface area contributed by atoms with E-state index in [9.17, 15) is 9.59 Å². The summed E-state index contributed by atoms with van der Waals surface area (Å²) in [5.41, 5.74) is 2.93. The second-order valence-electron chi connectivity index (χ2n) is 5.36. The van der Waals surface area contributed by atoms with E-state index in [1.54, 1.807) is 12.1 Å². The minimum atomic E-state index is -0.523. The number of ether oxygens (including phenoxy) is 1. The smallest absolute Gasteiger partial charge is 0.411 e. The minimum absolute atomic E-state index is 0.195. The number of H-pyrrole nitrogens is 1. The van der Waals surface area contributed by atoms with Crippen LogP contribution in [0.4, 0.5) is 10.5 Å². The molecule has 0 saturated carbocycles. The summed E-state index contributed by atoms with van der Waals surface area (Å²) >= 11 is 3.47. The van der Waals surface area contributed by atoms with Crippen LogP contribution < -0.4 is 10.6 Å². The number of nitrogens with one attached hydrogen (secondary N) is 3. The Hall–Kier alpha value is -2.80. The molecule has 1 heterocycles. The highest BCUT2D eigenvalue weighted by molar-refractivity contribution is 9.10. The van der Waals surface area contributed by atoms with Crippen LogP contribution in [-0.4, -0.2) is 24.1 Å². The van der Waals surface area contributed by atoms with Gasteiger partial charge in [-0.1, -0.05) is 30.3 Å². The number of fused-ring (bicyclic) bond motifs is 1. The summed E-state index contributed by atoms with van der Waals surface area (Å²) in [6.07, 6.45) is -0.523. The zero-order valence-corrected chi connectivity index (χ0v) is 15.0. The molecule has 0 aliphatic heterocycles. The number of hydrogen-bond acceptors (Lipinski definition) is 3. The molecule has 25 heavy (non-hydrogen) atoms. The van der Waals surface area contributed by atoms with E-state index in [0.717, 1.165) is 20.9 Å². The third-order valence-corrected chi connectivity index (χ3v) is 4.53. The van der Waals surface area contributed by atoms with Gasteiger partial charge in [-0.25, -0.2) is 4.79 Å². The Labute approximate surface area is 152 Å². The highest BCUT2D eigenvalue weighted by Gasteiger charge is 2.15. The lowest BCUT2D eigenvalue weighted by Crippen LogP contribution is -2.23. The molecule has 128 valence electrons. The molecule has 0 aliphatic rings.